The largest absolute Gasteiger partial charge is 0.472 e. The minimum absolute atomic E-state index is 0.0140. The number of rotatable bonds is 8. The van der Waals surface area contributed by atoms with Crippen LogP contribution < -0.4 is 10.1 Å². The second-order valence-electron chi connectivity index (χ2n) is 4.12. The molecule has 1 rings (SSSR count). The summed E-state index contributed by atoms with van der Waals surface area (Å²) in [6, 6.07) is 0. The standard InChI is InChI=1S/C12H18N4O3/c1-4-6-13-12-14-8-10(16(17)18)11(15-12)19-7-5-9(2)3/h8H,2,4-7H2,1,3H3,(H,13,14,15). The zero-order valence-electron chi connectivity index (χ0n) is 11.2. The molecule has 0 unspecified atom stereocenters. The topological polar surface area (TPSA) is 90.2 Å². The van der Waals surface area contributed by atoms with E-state index in [0.29, 0.717) is 25.5 Å². The average molecular weight is 266 g/mol. The third kappa shape index (κ3) is 4.90. The van der Waals surface area contributed by atoms with Crippen LogP contribution in [0.3, 0.4) is 0 Å². The number of hydrogen-bond donors (Lipinski definition) is 1. The van der Waals surface area contributed by atoms with Gasteiger partial charge >= 0.3 is 5.69 Å². The molecule has 0 aliphatic heterocycles. The Morgan fingerprint density at radius 2 is 2.37 bits per heavy atom. The highest BCUT2D eigenvalue weighted by atomic mass is 16.6. The van der Waals surface area contributed by atoms with Gasteiger partial charge < -0.3 is 10.1 Å². The molecule has 0 aromatic carbocycles. The number of nitrogens with one attached hydrogen (secondary N) is 1. The number of ether oxygens (including phenoxy) is 1. The van der Waals surface area contributed by atoms with Gasteiger partial charge in [0, 0.05) is 13.0 Å². The Morgan fingerprint density at radius 3 is 2.95 bits per heavy atom. The maximum Gasteiger partial charge on any atom is 0.349 e. The van der Waals surface area contributed by atoms with Gasteiger partial charge in [0.1, 0.15) is 6.20 Å². The number of aromatic nitrogens is 2. The Bertz CT molecular complexity index is 462. The van der Waals surface area contributed by atoms with Crippen molar-refractivity contribution in [1.82, 2.24) is 9.97 Å². The SMILES string of the molecule is C=C(C)CCOc1nc(NCCC)ncc1[N+](=O)[O-]. The van der Waals surface area contributed by atoms with Crippen LogP contribution in [0.15, 0.2) is 18.3 Å². The molecular weight excluding hydrogens is 248 g/mol. The maximum absolute atomic E-state index is 10.9. The second-order valence-corrected chi connectivity index (χ2v) is 4.12. The summed E-state index contributed by atoms with van der Waals surface area (Å²) in [4.78, 5) is 18.2. The Kier molecular flexibility index (Phi) is 5.72. The first kappa shape index (κ1) is 14.9. The van der Waals surface area contributed by atoms with E-state index in [1.807, 2.05) is 13.8 Å². The summed E-state index contributed by atoms with van der Waals surface area (Å²) in [5.41, 5.74) is 0.713. The summed E-state index contributed by atoms with van der Waals surface area (Å²) in [5.74, 6) is 0.317. The molecule has 0 atom stereocenters. The van der Waals surface area contributed by atoms with Gasteiger partial charge in [0.25, 0.3) is 5.88 Å². The maximum atomic E-state index is 10.9. The Morgan fingerprint density at radius 1 is 1.63 bits per heavy atom. The van der Waals surface area contributed by atoms with E-state index in [9.17, 15) is 10.1 Å². The zero-order chi connectivity index (χ0) is 14.3. The highest BCUT2D eigenvalue weighted by Gasteiger charge is 2.18. The Labute approximate surface area is 111 Å². The van der Waals surface area contributed by atoms with Crippen LogP contribution in [0.1, 0.15) is 26.7 Å². The quantitative estimate of drug-likeness (QED) is 0.442. The third-order valence-corrected chi connectivity index (χ3v) is 2.23. The van der Waals surface area contributed by atoms with E-state index in [4.69, 9.17) is 4.74 Å². The van der Waals surface area contributed by atoms with Crippen LogP contribution in [0, 0.1) is 10.1 Å². The molecule has 1 aromatic rings. The predicted molar refractivity (Wildman–Crippen MR) is 72.4 cm³/mol. The molecule has 0 amide bonds. The Hall–Kier alpha value is -2.18. The smallest absolute Gasteiger partial charge is 0.349 e. The van der Waals surface area contributed by atoms with Crippen molar-refractivity contribution in [3.8, 4) is 5.88 Å². The van der Waals surface area contributed by atoms with Gasteiger partial charge in [0.05, 0.1) is 11.5 Å². The minimum atomic E-state index is -0.556. The molecule has 1 aromatic heterocycles. The molecule has 0 aliphatic rings. The van der Waals surface area contributed by atoms with E-state index in [1.165, 1.54) is 0 Å². The molecule has 1 heterocycles. The van der Waals surface area contributed by atoms with Crippen molar-refractivity contribution in [3.05, 3.63) is 28.5 Å². The minimum Gasteiger partial charge on any atom is -0.472 e. The van der Waals surface area contributed by atoms with E-state index in [0.717, 1.165) is 18.2 Å². The van der Waals surface area contributed by atoms with Gasteiger partial charge in [0.2, 0.25) is 5.95 Å². The van der Waals surface area contributed by atoms with Crippen LogP contribution in [-0.4, -0.2) is 28.0 Å². The van der Waals surface area contributed by atoms with Gasteiger partial charge in [0.15, 0.2) is 0 Å². The molecule has 0 fully saturated rings. The van der Waals surface area contributed by atoms with Gasteiger partial charge in [-0.1, -0.05) is 12.5 Å². The lowest BCUT2D eigenvalue weighted by molar-refractivity contribution is -0.386. The van der Waals surface area contributed by atoms with Crippen molar-refractivity contribution in [3.63, 3.8) is 0 Å². The highest BCUT2D eigenvalue weighted by molar-refractivity contribution is 5.43. The van der Waals surface area contributed by atoms with E-state index in [1.54, 1.807) is 0 Å². The molecule has 0 saturated heterocycles. The van der Waals surface area contributed by atoms with E-state index in [-0.39, 0.29) is 11.6 Å². The van der Waals surface area contributed by atoms with Gasteiger partial charge in [-0.05, 0) is 13.3 Å². The number of nitrogens with zero attached hydrogens (tertiary/aromatic N) is 3. The summed E-state index contributed by atoms with van der Waals surface area (Å²) in [6.07, 6.45) is 2.69. The molecule has 7 nitrogen and oxygen atoms in total. The molecule has 19 heavy (non-hydrogen) atoms. The first-order valence-corrected chi connectivity index (χ1v) is 6.07. The predicted octanol–water partition coefficient (Wildman–Crippen LogP) is 2.55. The van der Waals surface area contributed by atoms with E-state index >= 15 is 0 Å². The Balaban J connectivity index is 2.82. The molecule has 0 saturated carbocycles. The monoisotopic (exact) mass is 266 g/mol. The average Bonchev–Trinajstić information content (AvgIpc) is 2.35. The van der Waals surface area contributed by atoms with Crippen LogP contribution in [-0.2, 0) is 0 Å². The second kappa shape index (κ2) is 7.30. The molecule has 0 bridgehead atoms. The van der Waals surface area contributed by atoms with Crippen LogP contribution in [0.4, 0.5) is 11.6 Å². The lowest BCUT2D eigenvalue weighted by atomic mass is 10.3. The summed E-state index contributed by atoms with van der Waals surface area (Å²) in [5, 5.41) is 13.8. The van der Waals surface area contributed by atoms with E-state index in [2.05, 4.69) is 21.9 Å². The van der Waals surface area contributed by atoms with Crippen molar-refractivity contribution in [2.24, 2.45) is 0 Å². The van der Waals surface area contributed by atoms with Crippen molar-refractivity contribution in [1.29, 1.82) is 0 Å². The fourth-order valence-corrected chi connectivity index (χ4v) is 1.24. The lowest BCUT2D eigenvalue weighted by Crippen LogP contribution is -2.08. The van der Waals surface area contributed by atoms with Gasteiger partial charge in [-0.15, -0.1) is 6.58 Å². The number of hydrogen-bond acceptors (Lipinski definition) is 6. The summed E-state index contributed by atoms with van der Waals surface area (Å²) in [6.45, 7) is 8.62. The molecule has 0 aliphatic carbocycles. The number of anilines is 1. The normalized spacial score (nSPS) is 10.0. The molecular formula is C12H18N4O3. The van der Waals surface area contributed by atoms with Gasteiger partial charge in [-0.2, -0.15) is 4.98 Å². The van der Waals surface area contributed by atoms with Crippen molar-refractivity contribution >= 4 is 11.6 Å². The first-order chi connectivity index (χ1) is 9.04. The summed E-state index contributed by atoms with van der Waals surface area (Å²) in [7, 11) is 0. The molecule has 104 valence electrons. The van der Waals surface area contributed by atoms with Gasteiger partial charge in [-0.3, -0.25) is 10.1 Å². The van der Waals surface area contributed by atoms with Crippen molar-refractivity contribution < 1.29 is 9.66 Å². The van der Waals surface area contributed by atoms with Gasteiger partial charge in [-0.25, -0.2) is 4.98 Å². The molecule has 7 heteroatoms. The zero-order valence-corrected chi connectivity index (χ0v) is 11.2. The van der Waals surface area contributed by atoms with Crippen LogP contribution >= 0.6 is 0 Å². The highest BCUT2D eigenvalue weighted by Crippen LogP contribution is 2.24. The van der Waals surface area contributed by atoms with Crippen LogP contribution in [0.25, 0.3) is 0 Å². The molecule has 0 radical (unpaired) electrons. The fraction of sp³-hybridized carbons (Fsp3) is 0.500. The third-order valence-electron chi connectivity index (χ3n) is 2.23. The first-order valence-electron chi connectivity index (χ1n) is 6.07. The number of nitro groups is 1. The molecule has 1 N–H and O–H groups in total. The lowest BCUT2D eigenvalue weighted by Gasteiger charge is -2.07. The van der Waals surface area contributed by atoms with Crippen molar-refractivity contribution in [2.45, 2.75) is 26.7 Å². The van der Waals surface area contributed by atoms with E-state index < -0.39 is 4.92 Å². The molecule has 0 spiro atoms. The van der Waals surface area contributed by atoms with Crippen molar-refractivity contribution in [2.75, 3.05) is 18.5 Å². The van der Waals surface area contributed by atoms with Crippen LogP contribution in [0.5, 0.6) is 5.88 Å². The van der Waals surface area contributed by atoms with Crippen LogP contribution in [0.2, 0.25) is 0 Å². The summed E-state index contributed by atoms with van der Waals surface area (Å²) >= 11 is 0. The fourth-order valence-electron chi connectivity index (χ4n) is 1.24. The summed E-state index contributed by atoms with van der Waals surface area (Å²) < 4.78 is 5.34.